The van der Waals surface area contributed by atoms with Crippen LogP contribution in [0.15, 0.2) is 24.3 Å². The lowest BCUT2D eigenvalue weighted by atomic mass is 9.97. The summed E-state index contributed by atoms with van der Waals surface area (Å²) in [6.45, 7) is 7.91. The zero-order valence-electron chi connectivity index (χ0n) is 15.0. The fraction of sp³-hybridized carbons (Fsp3) is 0.632. The summed E-state index contributed by atoms with van der Waals surface area (Å²) in [6, 6.07) is 8.62. The zero-order valence-corrected chi connectivity index (χ0v) is 15.0. The van der Waals surface area contributed by atoms with Gasteiger partial charge in [0.05, 0.1) is 0 Å². The van der Waals surface area contributed by atoms with Crippen LogP contribution in [-0.4, -0.2) is 44.5 Å². The number of rotatable bonds is 6. The van der Waals surface area contributed by atoms with Crippen molar-refractivity contribution in [2.24, 2.45) is 11.8 Å². The summed E-state index contributed by atoms with van der Waals surface area (Å²) in [6.07, 6.45) is 2.43. The Labute approximate surface area is 140 Å². The highest BCUT2D eigenvalue weighted by Crippen LogP contribution is 2.23. The Morgan fingerprint density at radius 3 is 2.78 bits per heavy atom. The highest BCUT2D eigenvalue weighted by atomic mass is 16.1. The van der Waals surface area contributed by atoms with Gasteiger partial charge in [-0.3, -0.25) is 9.69 Å². The number of nitrogens with one attached hydrogen (secondary N) is 1. The third kappa shape index (κ3) is 5.24. The van der Waals surface area contributed by atoms with Crippen LogP contribution in [0.1, 0.15) is 32.3 Å². The lowest BCUT2D eigenvalue weighted by Crippen LogP contribution is -2.41. The number of piperidine rings is 1. The van der Waals surface area contributed by atoms with E-state index in [1.807, 2.05) is 13.8 Å². The lowest BCUT2D eigenvalue weighted by molar-refractivity contribution is -0.124. The Hall–Kier alpha value is -1.55. The SMILES string of the molecule is CC(C)C(=O)NC[C@H]1CCCN(Cc2ccccc2N(C)C)C1. The average molecular weight is 317 g/mol. The normalized spacial score (nSPS) is 18.9. The van der Waals surface area contributed by atoms with Crippen molar-refractivity contribution in [3.05, 3.63) is 29.8 Å². The number of benzene rings is 1. The van der Waals surface area contributed by atoms with Gasteiger partial charge in [0.25, 0.3) is 0 Å². The molecule has 1 N–H and O–H groups in total. The molecule has 1 amide bonds. The van der Waals surface area contributed by atoms with Crippen molar-refractivity contribution in [1.82, 2.24) is 10.2 Å². The largest absolute Gasteiger partial charge is 0.377 e. The van der Waals surface area contributed by atoms with Gasteiger partial charge in [0.2, 0.25) is 5.91 Å². The van der Waals surface area contributed by atoms with E-state index in [9.17, 15) is 4.79 Å². The highest BCUT2D eigenvalue weighted by molar-refractivity contribution is 5.77. The Balaban J connectivity index is 1.90. The van der Waals surface area contributed by atoms with Crippen molar-refractivity contribution in [2.45, 2.75) is 33.2 Å². The quantitative estimate of drug-likeness (QED) is 0.876. The Morgan fingerprint density at radius 1 is 1.35 bits per heavy atom. The molecule has 0 aromatic heterocycles. The van der Waals surface area contributed by atoms with Crippen LogP contribution >= 0.6 is 0 Å². The molecular formula is C19H31N3O. The molecule has 1 fully saturated rings. The van der Waals surface area contributed by atoms with Gasteiger partial charge in [-0.1, -0.05) is 32.0 Å². The van der Waals surface area contributed by atoms with Gasteiger partial charge in [0.15, 0.2) is 0 Å². The van der Waals surface area contributed by atoms with Crippen LogP contribution in [0.5, 0.6) is 0 Å². The molecule has 1 aromatic rings. The van der Waals surface area contributed by atoms with Crippen molar-refractivity contribution in [3.8, 4) is 0 Å². The predicted octanol–water partition coefficient (Wildman–Crippen LogP) is 2.74. The first kappa shape index (κ1) is 17.8. The van der Waals surface area contributed by atoms with E-state index in [1.165, 1.54) is 24.1 Å². The van der Waals surface area contributed by atoms with Gasteiger partial charge in [0, 0.05) is 45.3 Å². The highest BCUT2D eigenvalue weighted by Gasteiger charge is 2.21. The standard InChI is InChI=1S/C19H31N3O/c1-15(2)19(23)20-12-16-8-7-11-22(13-16)14-17-9-5-6-10-18(17)21(3)4/h5-6,9-10,15-16H,7-8,11-14H2,1-4H3,(H,20,23)/t16-/m1/s1. The van der Waals surface area contributed by atoms with E-state index in [0.717, 1.165) is 26.2 Å². The Kier molecular flexibility index (Phi) is 6.46. The smallest absolute Gasteiger partial charge is 0.222 e. The molecule has 0 unspecified atom stereocenters. The number of carbonyl (C=O) groups excluding carboxylic acids is 1. The van der Waals surface area contributed by atoms with E-state index in [0.29, 0.717) is 5.92 Å². The molecule has 4 nitrogen and oxygen atoms in total. The zero-order chi connectivity index (χ0) is 16.8. The number of para-hydroxylation sites is 1. The molecule has 1 atom stereocenters. The van der Waals surface area contributed by atoms with Crippen LogP contribution in [0.3, 0.4) is 0 Å². The van der Waals surface area contributed by atoms with Gasteiger partial charge in [-0.25, -0.2) is 0 Å². The minimum absolute atomic E-state index is 0.0710. The van der Waals surface area contributed by atoms with Crippen molar-refractivity contribution in [1.29, 1.82) is 0 Å². The molecule has 1 aromatic carbocycles. The van der Waals surface area contributed by atoms with Crippen LogP contribution in [-0.2, 0) is 11.3 Å². The maximum atomic E-state index is 11.7. The molecule has 0 bridgehead atoms. The molecule has 2 rings (SSSR count). The minimum atomic E-state index is 0.0710. The van der Waals surface area contributed by atoms with Gasteiger partial charge < -0.3 is 10.2 Å². The van der Waals surface area contributed by atoms with E-state index in [1.54, 1.807) is 0 Å². The van der Waals surface area contributed by atoms with Crippen LogP contribution < -0.4 is 10.2 Å². The number of hydrogen-bond acceptors (Lipinski definition) is 3. The van der Waals surface area contributed by atoms with Crippen molar-refractivity contribution in [2.75, 3.05) is 38.6 Å². The second-order valence-corrected chi connectivity index (χ2v) is 7.17. The number of hydrogen-bond donors (Lipinski definition) is 1. The molecule has 1 heterocycles. The monoisotopic (exact) mass is 317 g/mol. The van der Waals surface area contributed by atoms with Crippen molar-refractivity contribution in [3.63, 3.8) is 0 Å². The molecule has 128 valence electrons. The van der Waals surface area contributed by atoms with Crippen LogP contribution in [0.4, 0.5) is 5.69 Å². The van der Waals surface area contributed by atoms with Crippen LogP contribution in [0.25, 0.3) is 0 Å². The van der Waals surface area contributed by atoms with E-state index >= 15 is 0 Å². The van der Waals surface area contributed by atoms with E-state index in [2.05, 4.69) is 53.5 Å². The first-order chi connectivity index (χ1) is 11.0. The van der Waals surface area contributed by atoms with Gasteiger partial charge in [-0.2, -0.15) is 0 Å². The van der Waals surface area contributed by atoms with Gasteiger partial charge >= 0.3 is 0 Å². The van der Waals surface area contributed by atoms with E-state index in [-0.39, 0.29) is 11.8 Å². The summed E-state index contributed by atoms with van der Waals surface area (Å²) in [4.78, 5) is 16.5. The molecule has 0 spiro atoms. The van der Waals surface area contributed by atoms with Gasteiger partial charge in [0.1, 0.15) is 0 Å². The Bertz CT molecular complexity index is 513. The predicted molar refractivity (Wildman–Crippen MR) is 96.6 cm³/mol. The van der Waals surface area contributed by atoms with E-state index < -0.39 is 0 Å². The van der Waals surface area contributed by atoms with Crippen LogP contribution in [0.2, 0.25) is 0 Å². The second kappa shape index (κ2) is 8.34. The molecule has 1 aliphatic heterocycles. The number of likely N-dealkylation sites (tertiary alicyclic amines) is 1. The van der Waals surface area contributed by atoms with Gasteiger partial charge in [-0.05, 0) is 36.9 Å². The van der Waals surface area contributed by atoms with Crippen LogP contribution in [0, 0.1) is 11.8 Å². The molecular weight excluding hydrogens is 286 g/mol. The number of anilines is 1. The molecule has 1 aliphatic rings. The average Bonchev–Trinajstić information content (AvgIpc) is 2.53. The molecule has 1 saturated heterocycles. The maximum Gasteiger partial charge on any atom is 0.222 e. The van der Waals surface area contributed by atoms with E-state index in [4.69, 9.17) is 0 Å². The summed E-state index contributed by atoms with van der Waals surface area (Å²) in [5.41, 5.74) is 2.67. The fourth-order valence-corrected chi connectivity index (χ4v) is 3.23. The number of carbonyl (C=O) groups is 1. The molecule has 0 radical (unpaired) electrons. The number of amides is 1. The summed E-state index contributed by atoms with van der Waals surface area (Å²) in [5.74, 6) is 0.805. The third-order valence-electron chi connectivity index (χ3n) is 4.56. The molecule has 23 heavy (non-hydrogen) atoms. The fourth-order valence-electron chi connectivity index (χ4n) is 3.23. The summed E-state index contributed by atoms with van der Waals surface area (Å²) >= 11 is 0. The number of nitrogens with zero attached hydrogens (tertiary/aromatic N) is 2. The Morgan fingerprint density at radius 2 is 2.09 bits per heavy atom. The second-order valence-electron chi connectivity index (χ2n) is 7.17. The van der Waals surface area contributed by atoms with Gasteiger partial charge in [-0.15, -0.1) is 0 Å². The molecule has 0 saturated carbocycles. The lowest BCUT2D eigenvalue weighted by Gasteiger charge is -2.33. The maximum absolute atomic E-state index is 11.7. The minimum Gasteiger partial charge on any atom is -0.377 e. The van der Waals surface area contributed by atoms with Crippen molar-refractivity contribution >= 4 is 11.6 Å². The third-order valence-corrected chi connectivity index (χ3v) is 4.56. The summed E-state index contributed by atoms with van der Waals surface area (Å²) in [5, 5.41) is 3.09. The topological polar surface area (TPSA) is 35.6 Å². The van der Waals surface area contributed by atoms with Crippen molar-refractivity contribution < 1.29 is 4.79 Å². The molecule has 0 aliphatic carbocycles. The molecule has 4 heteroatoms. The summed E-state index contributed by atoms with van der Waals surface area (Å²) < 4.78 is 0. The first-order valence-electron chi connectivity index (χ1n) is 8.72. The first-order valence-corrected chi connectivity index (χ1v) is 8.72. The summed E-state index contributed by atoms with van der Waals surface area (Å²) in [7, 11) is 4.19.